The summed E-state index contributed by atoms with van der Waals surface area (Å²) in [5.41, 5.74) is 4.94. The summed E-state index contributed by atoms with van der Waals surface area (Å²) in [5.74, 6) is 9.87. The first-order chi connectivity index (χ1) is 14.8. The Hall–Kier alpha value is -2.33. The predicted molar refractivity (Wildman–Crippen MR) is 136 cm³/mol. The van der Waals surface area contributed by atoms with Crippen molar-refractivity contribution in [2.75, 3.05) is 0 Å². The summed E-state index contributed by atoms with van der Waals surface area (Å²) in [6.45, 7) is 6.82. The molecule has 3 aromatic carbocycles. The van der Waals surface area contributed by atoms with Crippen molar-refractivity contribution in [1.29, 1.82) is 0 Å². The molecule has 0 radical (unpaired) electrons. The molecule has 31 heavy (non-hydrogen) atoms. The average Bonchev–Trinajstić information content (AvgIpc) is 2.73. The molecule has 2 heterocycles. The maximum atomic E-state index is 6.80. The van der Waals surface area contributed by atoms with Crippen LogP contribution in [0.15, 0.2) is 48.7 Å². The molecule has 0 atom stereocenters. The number of fused-ring (bicyclic) bond motifs is 3. The van der Waals surface area contributed by atoms with Crippen LogP contribution in [-0.2, 0) is 0 Å². The molecule has 0 saturated carbocycles. The summed E-state index contributed by atoms with van der Waals surface area (Å²) >= 11 is -2.09. The number of pyridine rings is 1. The van der Waals surface area contributed by atoms with Crippen molar-refractivity contribution in [3.63, 3.8) is 0 Å². The molecular weight excluding hydrogens is 439 g/mol. The number of benzene rings is 3. The van der Waals surface area contributed by atoms with Crippen LogP contribution in [0.1, 0.15) is 43.7 Å². The van der Waals surface area contributed by atoms with Gasteiger partial charge in [0, 0.05) is 0 Å². The molecule has 1 aliphatic heterocycles. The van der Waals surface area contributed by atoms with Gasteiger partial charge in [-0.25, -0.2) is 0 Å². The molecule has 0 amide bonds. The van der Waals surface area contributed by atoms with Crippen molar-refractivity contribution < 1.29 is 4.74 Å². The Morgan fingerprint density at radius 3 is 2.42 bits per heavy atom. The van der Waals surface area contributed by atoms with E-state index in [1.54, 1.807) is 4.40 Å². The zero-order valence-corrected chi connectivity index (χ0v) is 21.6. The summed E-state index contributed by atoms with van der Waals surface area (Å²) in [6.07, 6.45) is 4.19. The Morgan fingerprint density at radius 2 is 1.71 bits per heavy atom. The quantitative estimate of drug-likeness (QED) is 0.249. The third-order valence-electron chi connectivity index (χ3n) is 6.86. The van der Waals surface area contributed by atoms with Crippen LogP contribution in [-0.4, -0.2) is 18.3 Å². The topological polar surface area (TPSA) is 22.1 Å². The van der Waals surface area contributed by atoms with Gasteiger partial charge in [0.25, 0.3) is 0 Å². The Morgan fingerprint density at radius 1 is 0.968 bits per heavy atom. The van der Waals surface area contributed by atoms with Gasteiger partial charge in [-0.3, -0.25) is 0 Å². The summed E-state index contributed by atoms with van der Waals surface area (Å²) in [4.78, 5) is 4.93. The van der Waals surface area contributed by atoms with E-state index in [9.17, 15) is 0 Å². The number of hydrogen-bond acceptors (Lipinski definition) is 2. The Bertz CT molecular complexity index is 1330. The second kappa shape index (κ2) is 7.37. The van der Waals surface area contributed by atoms with Crippen molar-refractivity contribution in [1.82, 2.24) is 4.98 Å². The average molecular weight is 470 g/mol. The van der Waals surface area contributed by atoms with Crippen LogP contribution in [0.4, 0.5) is 0 Å². The molecule has 0 fully saturated rings. The van der Waals surface area contributed by atoms with E-state index in [0.29, 0.717) is 5.92 Å². The van der Waals surface area contributed by atoms with Gasteiger partial charge < -0.3 is 0 Å². The molecule has 3 heteroatoms. The normalized spacial score (nSPS) is 13.0. The van der Waals surface area contributed by atoms with Gasteiger partial charge in [0.1, 0.15) is 0 Å². The molecule has 158 valence electrons. The van der Waals surface area contributed by atoms with Gasteiger partial charge in [0.15, 0.2) is 0 Å². The zero-order valence-electron chi connectivity index (χ0n) is 19.5. The molecular formula is C28H31GeNO. The molecule has 4 aromatic rings. The summed E-state index contributed by atoms with van der Waals surface area (Å²) < 4.78 is 8.37. The third kappa shape index (κ3) is 3.10. The Balaban J connectivity index is 1.93. The minimum absolute atomic E-state index is 0.463. The van der Waals surface area contributed by atoms with Crippen LogP contribution in [0.25, 0.3) is 32.8 Å². The van der Waals surface area contributed by atoms with E-state index in [1.165, 1.54) is 32.7 Å². The number of aromatic nitrogens is 1. The summed E-state index contributed by atoms with van der Waals surface area (Å²) in [6, 6.07) is 15.5. The summed E-state index contributed by atoms with van der Waals surface area (Å²) in [7, 11) is 0. The zero-order chi connectivity index (χ0) is 21.9. The van der Waals surface area contributed by atoms with Crippen molar-refractivity contribution in [3.05, 3.63) is 59.8 Å². The number of hydrogen-bond donors (Lipinski definition) is 0. The molecule has 0 N–H and O–H groups in total. The van der Waals surface area contributed by atoms with Crippen molar-refractivity contribution in [2.24, 2.45) is 0 Å². The number of rotatable bonds is 4. The van der Waals surface area contributed by atoms with E-state index in [4.69, 9.17) is 9.72 Å². The molecule has 0 spiro atoms. The monoisotopic (exact) mass is 471 g/mol. The van der Waals surface area contributed by atoms with Gasteiger partial charge in [0.05, 0.1) is 0 Å². The van der Waals surface area contributed by atoms with Crippen LogP contribution in [0, 0.1) is 6.92 Å². The maximum absolute atomic E-state index is 6.80. The number of aryl methyl sites for hydroxylation is 1. The summed E-state index contributed by atoms with van der Waals surface area (Å²) in [5, 5.41) is 5.12. The molecule has 0 bridgehead atoms. The molecule has 2 nitrogen and oxygen atoms in total. The van der Waals surface area contributed by atoms with Gasteiger partial charge in [0.2, 0.25) is 0 Å². The van der Waals surface area contributed by atoms with Crippen LogP contribution in [0.3, 0.4) is 0 Å². The first-order valence-electron chi connectivity index (χ1n) is 11.5. The van der Waals surface area contributed by atoms with E-state index < -0.39 is 13.3 Å². The van der Waals surface area contributed by atoms with Crippen LogP contribution in [0.5, 0.6) is 11.5 Å². The second-order valence-corrected chi connectivity index (χ2v) is 20.4. The van der Waals surface area contributed by atoms with E-state index >= 15 is 0 Å². The predicted octanol–water partition coefficient (Wildman–Crippen LogP) is 7.92. The molecule has 1 aromatic heterocycles. The van der Waals surface area contributed by atoms with Crippen molar-refractivity contribution >= 4 is 39.2 Å². The van der Waals surface area contributed by atoms with Crippen LogP contribution < -0.4 is 9.13 Å². The number of nitrogens with zero attached hydrogens (tertiary/aromatic N) is 1. The van der Waals surface area contributed by atoms with Gasteiger partial charge in [-0.1, -0.05) is 0 Å². The fourth-order valence-electron chi connectivity index (χ4n) is 5.61. The SMILES string of the molecule is CCC(CC)c1c2c(cc3ccccc13)-c1nccc3[c]([Ge]([CH3])([CH3])[CH3])c(C)cc(c13)O2. The molecule has 0 saturated heterocycles. The molecule has 0 unspecified atom stereocenters. The van der Waals surface area contributed by atoms with E-state index in [-0.39, 0.29) is 0 Å². The van der Waals surface area contributed by atoms with Gasteiger partial charge in [-0.2, -0.15) is 0 Å². The Labute approximate surface area is 188 Å². The van der Waals surface area contributed by atoms with Crippen LogP contribution >= 0.6 is 0 Å². The van der Waals surface area contributed by atoms with E-state index in [0.717, 1.165) is 35.6 Å². The fourth-order valence-corrected chi connectivity index (χ4v) is 10.4. The van der Waals surface area contributed by atoms with Crippen molar-refractivity contribution in [2.45, 2.75) is 56.8 Å². The molecule has 5 rings (SSSR count). The van der Waals surface area contributed by atoms with Gasteiger partial charge >= 0.3 is 188 Å². The standard InChI is InChI=1S/C28H31GeNO/c1-7-18(8-2)24-20-12-10-9-11-19(20)16-22-27-25-21(13-14-30-27)26(29(4,5)6)17(3)15-23(25)31-28(22)24/h9-16,18H,7-8H2,1-6H3. The van der Waals surface area contributed by atoms with Crippen LogP contribution in [0.2, 0.25) is 17.3 Å². The molecule has 1 aliphatic rings. The third-order valence-corrected chi connectivity index (χ3v) is 11.4. The Kier molecular flexibility index (Phi) is 4.89. The fraction of sp³-hybridized carbons (Fsp3) is 0.321. The first-order valence-corrected chi connectivity index (χ1v) is 18.9. The van der Waals surface area contributed by atoms with Gasteiger partial charge in [-0.15, -0.1) is 0 Å². The molecule has 0 aliphatic carbocycles. The van der Waals surface area contributed by atoms with Gasteiger partial charge in [-0.05, 0) is 0 Å². The van der Waals surface area contributed by atoms with E-state index in [2.05, 4.69) is 80.5 Å². The minimum atomic E-state index is -2.09. The first kappa shape index (κ1) is 20.6. The van der Waals surface area contributed by atoms with Crippen molar-refractivity contribution in [3.8, 4) is 22.8 Å². The second-order valence-electron chi connectivity index (χ2n) is 9.90. The number of ether oxygens (including phenoxy) is 1. The van der Waals surface area contributed by atoms with E-state index in [1.807, 2.05) is 6.20 Å².